The second-order valence-corrected chi connectivity index (χ2v) is 6.86. The van der Waals surface area contributed by atoms with Gasteiger partial charge in [0.15, 0.2) is 0 Å². The molecule has 1 N–H and O–H groups in total. The van der Waals surface area contributed by atoms with Gasteiger partial charge in [0, 0.05) is 18.9 Å². The standard InChI is InChI=1S/C15H24BrN3/c1-19-15(12-5-3-2-4-6-12)13(16)14(18-19)11-7-9-17-10-8-11/h11-12,17H,2-10H2,1H3. The molecule has 1 aliphatic carbocycles. The van der Waals surface area contributed by atoms with Crippen molar-refractivity contribution in [3.63, 3.8) is 0 Å². The molecule has 2 fully saturated rings. The van der Waals surface area contributed by atoms with Crippen LogP contribution in [-0.2, 0) is 7.05 Å². The summed E-state index contributed by atoms with van der Waals surface area (Å²) in [6.07, 6.45) is 9.29. The van der Waals surface area contributed by atoms with E-state index in [0.29, 0.717) is 5.92 Å². The molecule has 2 heterocycles. The lowest BCUT2D eigenvalue weighted by Gasteiger charge is -2.23. The quantitative estimate of drug-likeness (QED) is 0.898. The first-order valence-corrected chi connectivity index (χ1v) is 8.49. The fraction of sp³-hybridized carbons (Fsp3) is 0.800. The van der Waals surface area contributed by atoms with Crippen LogP contribution in [0.1, 0.15) is 68.2 Å². The van der Waals surface area contributed by atoms with E-state index in [1.807, 2.05) is 0 Å². The van der Waals surface area contributed by atoms with E-state index in [9.17, 15) is 0 Å². The summed E-state index contributed by atoms with van der Waals surface area (Å²) in [7, 11) is 2.12. The van der Waals surface area contributed by atoms with Gasteiger partial charge in [-0.25, -0.2) is 0 Å². The van der Waals surface area contributed by atoms with Gasteiger partial charge in [0.05, 0.1) is 15.9 Å². The SMILES string of the molecule is Cn1nc(C2CCNCC2)c(Br)c1C1CCCCC1. The van der Waals surface area contributed by atoms with Crippen molar-refractivity contribution in [1.82, 2.24) is 15.1 Å². The lowest BCUT2D eigenvalue weighted by atomic mass is 9.86. The molecule has 1 saturated heterocycles. The minimum atomic E-state index is 0.638. The van der Waals surface area contributed by atoms with Crippen LogP contribution in [0.4, 0.5) is 0 Å². The van der Waals surface area contributed by atoms with Crippen LogP contribution in [0, 0.1) is 0 Å². The van der Waals surface area contributed by atoms with E-state index < -0.39 is 0 Å². The topological polar surface area (TPSA) is 29.9 Å². The molecule has 1 saturated carbocycles. The summed E-state index contributed by atoms with van der Waals surface area (Å²) in [4.78, 5) is 0. The maximum Gasteiger partial charge on any atom is 0.0801 e. The molecule has 3 nitrogen and oxygen atoms in total. The van der Waals surface area contributed by atoms with Crippen molar-refractivity contribution in [3.05, 3.63) is 15.9 Å². The largest absolute Gasteiger partial charge is 0.317 e. The Morgan fingerprint density at radius 3 is 2.42 bits per heavy atom. The van der Waals surface area contributed by atoms with Crippen molar-refractivity contribution in [1.29, 1.82) is 0 Å². The third kappa shape index (κ3) is 2.75. The monoisotopic (exact) mass is 325 g/mol. The Labute approximate surface area is 124 Å². The molecule has 0 spiro atoms. The predicted molar refractivity (Wildman–Crippen MR) is 81.6 cm³/mol. The first kappa shape index (κ1) is 13.6. The number of rotatable bonds is 2. The zero-order valence-electron chi connectivity index (χ0n) is 11.8. The Morgan fingerprint density at radius 2 is 1.74 bits per heavy atom. The Morgan fingerprint density at radius 1 is 1.05 bits per heavy atom. The van der Waals surface area contributed by atoms with Crippen molar-refractivity contribution in [2.75, 3.05) is 13.1 Å². The Hall–Kier alpha value is -0.350. The van der Waals surface area contributed by atoms with Crippen molar-refractivity contribution in [3.8, 4) is 0 Å². The molecule has 1 aliphatic heterocycles. The lowest BCUT2D eigenvalue weighted by Crippen LogP contribution is -2.27. The van der Waals surface area contributed by atoms with E-state index in [0.717, 1.165) is 19.0 Å². The number of piperidine rings is 1. The number of hydrogen-bond donors (Lipinski definition) is 1. The van der Waals surface area contributed by atoms with Gasteiger partial charge < -0.3 is 5.32 Å². The summed E-state index contributed by atoms with van der Waals surface area (Å²) < 4.78 is 3.46. The lowest BCUT2D eigenvalue weighted by molar-refractivity contribution is 0.422. The van der Waals surface area contributed by atoms with E-state index in [2.05, 4.69) is 33.0 Å². The van der Waals surface area contributed by atoms with E-state index in [1.54, 1.807) is 0 Å². The molecule has 0 radical (unpaired) electrons. The van der Waals surface area contributed by atoms with Gasteiger partial charge in [0.2, 0.25) is 0 Å². The highest BCUT2D eigenvalue weighted by Gasteiger charge is 2.28. The molecule has 0 amide bonds. The van der Waals surface area contributed by atoms with Gasteiger partial charge in [-0.1, -0.05) is 19.3 Å². The highest BCUT2D eigenvalue weighted by molar-refractivity contribution is 9.10. The van der Waals surface area contributed by atoms with Gasteiger partial charge in [-0.05, 0) is 54.7 Å². The Bertz CT molecular complexity index is 429. The Kier molecular flexibility index (Phi) is 4.27. The van der Waals surface area contributed by atoms with Crippen molar-refractivity contribution in [2.24, 2.45) is 7.05 Å². The molecule has 0 unspecified atom stereocenters. The summed E-state index contributed by atoms with van der Waals surface area (Å²) in [5, 5.41) is 8.29. The van der Waals surface area contributed by atoms with E-state index in [4.69, 9.17) is 5.10 Å². The minimum Gasteiger partial charge on any atom is -0.317 e. The van der Waals surface area contributed by atoms with Crippen LogP contribution < -0.4 is 5.32 Å². The zero-order chi connectivity index (χ0) is 13.2. The summed E-state index contributed by atoms with van der Waals surface area (Å²) in [5.41, 5.74) is 2.76. The molecule has 3 rings (SSSR count). The summed E-state index contributed by atoms with van der Waals surface area (Å²) >= 11 is 3.87. The molecule has 106 valence electrons. The number of nitrogens with zero attached hydrogens (tertiary/aromatic N) is 2. The van der Waals surface area contributed by atoms with E-state index in [-0.39, 0.29) is 0 Å². The molecule has 0 atom stereocenters. The summed E-state index contributed by atoms with van der Waals surface area (Å²) in [6.45, 7) is 2.26. The fourth-order valence-electron chi connectivity index (χ4n) is 3.71. The van der Waals surface area contributed by atoms with Crippen LogP contribution in [0.3, 0.4) is 0 Å². The first-order valence-electron chi connectivity index (χ1n) is 7.70. The van der Waals surface area contributed by atoms with Crippen LogP contribution in [0.25, 0.3) is 0 Å². The minimum absolute atomic E-state index is 0.638. The van der Waals surface area contributed by atoms with Crippen molar-refractivity contribution < 1.29 is 0 Å². The van der Waals surface area contributed by atoms with Gasteiger partial charge in [-0.3, -0.25) is 4.68 Å². The predicted octanol–water partition coefficient (Wildman–Crippen LogP) is 3.70. The molecule has 1 aromatic rings. The fourth-order valence-corrected chi connectivity index (χ4v) is 4.69. The zero-order valence-corrected chi connectivity index (χ0v) is 13.4. The Balaban J connectivity index is 1.86. The molecular weight excluding hydrogens is 302 g/mol. The second-order valence-electron chi connectivity index (χ2n) is 6.07. The molecular formula is C15H24BrN3. The highest BCUT2D eigenvalue weighted by atomic mass is 79.9. The van der Waals surface area contributed by atoms with E-state index >= 15 is 0 Å². The average molecular weight is 326 g/mol. The molecule has 1 aromatic heterocycles. The van der Waals surface area contributed by atoms with Crippen LogP contribution in [-0.4, -0.2) is 22.9 Å². The van der Waals surface area contributed by atoms with Gasteiger partial charge in [-0.2, -0.15) is 5.10 Å². The summed E-state index contributed by atoms with van der Waals surface area (Å²) in [6, 6.07) is 0. The van der Waals surface area contributed by atoms with Crippen molar-refractivity contribution >= 4 is 15.9 Å². The molecule has 4 heteroatoms. The summed E-state index contributed by atoms with van der Waals surface area (Å²) in [5.74, 6) is 1.36. The second kappa shape index (κ2) is 5.96. The van der Waals surface area contributed by atoms with Crippen LogP contribution in [0.5, 0.6) is 0 Å². The van der Waals surface area contributed by atoms with Gasteiger partial charge in [0.25, 0.3) is 0 Å². The molecule has 2 aliphatic rings. The van der Waals surface area contributed by atoms with Gasteiger partial charge >= 0.3 is 0 Å². The first-order chi connectivity index (χ1) is 9.27. The number of aromatic nitrogens is 2. The normalized spacial score (nSPS) is 22.8. The number of halogens is 1. The third-order valence-electron chi connectivity index (χ3n) is 4.77. The van der Waals surface area contributed by atoms with Crippen LogP contribution in [0.15, 0.2) is 4.47 Å². The molecule has 0 bridgehead atoms. The van der Waals surface area contributed by atoms with E-state index in [1.165, 1.54) is 60.8 Å². The van der Waals surface area contributed by atoms with Gasteiger partial charge in [0.1, 0.15) is 0 Å². The number of nitrogens with one attached hydrogen (secondary N) is 1. The van der Waals surface area contributed by atoms with Crippen molar-refractivity contribution in [2.45, 2.75) is 56.8 Å². The average Bonchev–Trinajstić information content (AvgIpc) is 2.76. The maximum absolute atomic E-state index is 4.85. The van der Waals surface area contributed by atoms with Crippen LogP contribution in [0.2, 0.25) is 0 Å². The third-order valence-corrected chi connectivity index (χ3v) is 5.59. The molecule has 0 aromatic carbocycles. The smallest absolute Gasteiger partial charge is 0.0801 e. The highest BCUT2D eigenvalue weighted by Crippen LogP contribution is 2.40. The molecule has 19 heavy (non-hydrogen) atoms. The van der Waals surface area contributed by atoms with Gasteiger partial charge in [-0.15, -0.1) is 0 Å². The number of aryl methyl sites for hydroxylation is 1. The van der Waals surface area contributed by atoms with Crippen LogP contribution >= 0.6 is 15.9 Å². The number of hydrogen-bond acceptors (Lipinski definition) is 2. The maximum atomic E-state index is 4.85.